The highest BCUT2D eigenvalue weighted by Gasteiger charge is 2.02. The summed E-state index contributed by atoms with van der Waals surface area (Å²) in [5.74, 6) is 0. The monoisotopic (exact) mass is 278 g/mol. The third-order valence-electron chi connectivity index (χ3n) is 1.23. The Labute approximate surface area is 83.1 Å². The Morgan fingerprint density at radius 3 is 2.92 bits per heavy atom. The molecule has 0 saturated carbocycles. The molecular weight excluding hydrogens is 271 g/mol. The molecule has 0 aliphatic heterocycles. The molecular formula is C7H7IN2O2. The Balaban J connectivity index is 2.93. The fourth-order valence-electron chi connectivity index (χ4n) is 0.734. The number of aryl methyl sites for hydroxylation is 1. The van der Waals surface area contributed by atoms with E-state index in [1.165, 1.54) is 6.20 Å². The van der Waals surface area contributed by atoms with Crippen molar-refractivity contribution in [3.05, 3.63) is 21.5 Å². The molecule has 5 heteroatoms. The maximum Gasteiger partial charge on any atom is 0.409 e. The highest BCUT2D eigenvalue weighted by Crippen LogP contribution is 2.16. The molecule has 0 aromatic carbocycles. The lowest BCUT2D eigenvalue weighted by atomic mass is 10.3. The quantitative estimate of drug-likeness (QED) is 0.773. The van der Waals surface area contributed by atoms with Crippen molar-refractivity contribution in [1.82, 2.24) is 4.98 Å². The minimum absolute atomic E-state index is 0.522. The van der Waals surface area contributed by atoms with Gasteiger partial charge < -0.3 is 5.11 Å². The Hall–Kier alpha value is -0.850. The van der Waals surface area contributed by atoms with E-state index in [2.05, 4.69) is 32.9 Å². The zero-order valence-electron chi connectivity index (χ0n) is 6.34. The van der Waals surface area contributed by atoms with Crippen LogP contribution in [-0.2, 0) is 0 Å². The molecule has 0 unspecified atom stereocenters. The van der Waals surface area contributed by atoms with E-state index in [1.807, 2.05) is 13.0 Å². The first-order valence-corrected chi connectivity index (χ1v) is 4.29. The largest absolute Gasteiger partial charge is 0.465 e. The summed E-state index contributed by atoms with van der Waals surface area (Å²) in [5, 5.41) is 10.7. The van der Waals surface area contributed by atoms with Gasteiger partial charge in [0.25, 0.3) is 0 Å². The van der Waals surface area contributed by atoms with E-state index >= 15 is 0 Å². The fraction of sp³-hybridized carbons (Fsp3) is 0.143. The summed E-state index contributed by atoms with van der Waals surface area (Å²) in [6, 6.07) is 1.81. The number of amides is 1. The molecule has 0 bridgehead atoms. The van der Waals surface area contributed by atoms with Gasteiger partial charge in [-0.3, -0.25) is 10.3 Å². The van der Waals surface area contributed by atoms with Crippen LogP contribution in [0.2, 0.25) is 0 Å². The fourth-order valence-corrected chi connectivity index (χ4v) is 1.46. The van der Waals surface area contributed by atoms with Crippen molar-refractivity contribution in [1.29, 1.82) is 0 Å². The van der Waals surface area contributed by atoms with E-state index in [0.29, 0.717) is 5.69 Å². The second-order valence-corrected chi connectivity index (χ2v) is 3.40. The highest BCUT2D eigenvalue weighted by molar-refractivity contribution is 14.1. The summed E-state index contributed by atoms with van der Waals surface area (Å²) in [6.07, 6.45) is 0.434. The van der Waals surface area contributed by atoms with Crippen LogP contribution in [0.15, 0.2) is 12.3 Å². The van der Waals surface area contributed by atoms with E-state index in [1.54, 1.807) is 0 Å². The number of carbonyl (C=O) groups is 1. The minimum Gasteiger partial charge on any atom is -0.465 e. The second-order valence-electron chi connectivity index (χ2n) is 2.24. The van der Waals surface area contributed by atoms with Gasteiger partial charge in [0.05, 0.1) is 11.9 Å². The van der Waals surface area contributed by atoms with Crippen LogP contribution in [0.5, 0.6) is 0 Å². The number of halogens is 1. The molecule has 0 spiro atoms. The molecule has 1 amide bonds. The summed E-state index contributed by atoms with van der Waals surface area (Å²) >= 11 is 2.05. The smallest absolute Gasteiger partial charge is 0.409 e. The van der Waals surface area contributed by atoms with Gasteiger partial charge in [-0.2, -0.15) is 0 Å². The van der Waals surface area contributed by atoms with Gasteiger partial charge in [0.15, 0.2) is 0 Å². The molecule has 0 radical (unpaired) electrons. The van der Waals surface area contributed by atoms with Gasteiger partial charge in [-0.15, -0.1) is 0 Å². The van der Waals surface area contributed by atoms with Crippen LogP contribution in [0.1, 0.15) is 5.69 Å². The van der Waals surface area contributed by atoms with Crippen LogP contribution in [0, 0.1) is 10.5 Å². The number of nitrogens with zero attached hydrogens (tertiary/aromatic N) is 1. The lowest BCUT2D eigenvalue weighted by molar-refractivity contribution is 0.209. The van der Waals surface area contributed by atoms with Crippen molar-refractivity contribution in [2.24, 2.45) is 0 Å². The predicted molar refractivity (Wildman–Crippen MR) is 53.3 cm³/mol. The van der Waals surface area contributed by atoms with Gasteiger partial charge in [0, 0.05) is 9.26 Å². The van der Waals surface area contributed by atoms with Crippen molar-refractivity contribution in [2.75, 3.05) is 5.32 Å². The van der Waals surface area contributed by atoms with Crippen molar-refractivity contribution in [3.8, 4) is 0 Å². The number of pyridine rings is 1. The molecule has 0 aliphatic carbocycles. The Kier molecular flexibility index (Phi) is 2.85. The first-order chi connectivity index (χ1) is 5.59. The van der Waals surface area contributed by atoms with Crippen LogP contribution in [0.3, 0.4) is 0 Å². The molecule has 1 heterocycles. The van der Waals surface area contributed by atoms with Gasteiger partial charge in [-0.05, 0) is 35.6 Å². The van der Waals surface area contributed by atoms with E-state index < -0.39 is 6.09 Å². The third kappa shape index (κ3) is 2.33. The number of hydrogen-bond donors (Lipinski definition) is 2. The number of anilines is 1. The number of rotatable bonds is 1. The Morgan fingerprint density at radius 2 is 2.42 bits per heavy atom. The average Bonchev–Trinajstić information content (AvgIpc) is 1.94. The number of hydrogen-bond acceptors (Lipinski definition) is 2. The minimum atomic E-state index is -1.07. The number of nitrogens with one attached hydrogen (secondary N) is 1. The summed E-state index contributed by atoms with van der Waals surface area (Å²) in [6.45, 7) is 1.85. The SMILES string of the molecule is Cc1cc(I)c(NC(=O)O)cn1. The van der Waals surface area contributed by atoms with Crippen LogP contribution in [0.25, 0.3) is 0 Å². The van der Waals surface area contributed by atoms with Gasteiger partial charge >= 0.3 is 6.09 Å². The zero-order valence-corrected chi connectivity index (χ0v) is 8.49. The predicted octanol–water partition coefficient (Wildman–Crippen LogP) is 2.08. The van der Waals surface area contributed by atoms with Crippen LogP contribution >= 0.6 is 22.6 Å². The van der Waals surface area contributed by atoms with Crippen molar-refractivity contribution in [2.45, 2.75) is 6.92 Å². The van der Waals surface area contributed by atoms with Crippen LogP contribution < -0.4 is 5.32 Å². The molecule has 0 aliphatic rings. The molecule has 0 fully saturated rings. The zero-order chi connectivity index (χ0) is 9.14. The topological polar surface area (TPSA) is 62.2 Å². The lowest BCUT2D eigenvalue weighted by Gasteiger charge is -2.02. The Bertz CT molecular complexity index is 314. The van der Waals surface area contributed by atoms with E-state index in [9.17, 15) is 4.79 Å². The summed E-state index contributed by atoms with van der Waals surface area (Å²) in [4.78, 5) is 14.2. The molecule has 0 saturated heterocycles. The second kappa shape index (κ2) is 3.70. The summed E-state index contributed by atoms with van der Waals surface area (Å²) in [7, 11) is 0. The molecule has 2 N–H and O–H groups in total. The maximum absolute atomic E-state index is 10.3. The van der Waals surface area contributed by atoms with Crippen molar-refractivity contribution >= 4 is 34.4 Å². The van der Waals surface area contributed by atoms with Crippen LogP contribution in [0.4, 0.5) is 10.5 Å². The number of carboxylic acid groups (broad SMARTS) is 1. The lowest BCUT2D eigenvalue weighted by Crippen LogP contribution is -2.08. The first kappa shape index (κ1) is 9.24. The number of aromatic nitrogens is 1. The first-order valence-electron chi connectivity index (χ1n) is 3.21. The van der Waals surface area contributed by atoms with Crippen LogP contribution in [-0.4, -0.2) is 16.2 Å². The normalized spacial score (nSPS) is 9.50. The molecule has 1 aromatic heterocycles. The molecule has 0 atom stereocenters. The van der Waals surface area contributed by atoms with Gasteiger partial charge in [-0.25, -0.2) is 4.79 Å². The van der Waals surface area contributed by atoms with Crippen molar-refractivity contribution in [3.63, 3.8) is 0 Å². The van der Waals surface area contributed by atoms with Gasteiger partial charge in [0.2, 0.25) is 0 Å². The van der Waals surface area contributed by atoms with Crippen molar-refractivity contribution < 1.29 is 9.90 Å². The molecule has 64 valence electrons. The average molecular weight is 278 g/mol. The highest BCUT2D eigenvalue weighted by atomic mass is 127. The van der Waals surface area contributed by atoms with E-state index in [-0.39, 0.29) is 0 Å². The van der Waals surface area contributed by atoms with Gasteiger partial charge in [-0.1, -0.05) is 0 Å². The molecule has 4 nitrogen and oxygen atoms in total. The van der Waals surface area contributed by atoms with E-state index in [0.717, 1.165) is 9.26 Å². The maximum atomic E-state index is 10.3. The summed E-state index contributed by atoms with van der Waals surface area (Å²) in [5.41, 5.74) is 1.39. The third-order valence-corrected chi connectivity index (χ3v) is 2.12. The van der Waals surface area contributed by atoms with Gasteiger partial charge in [0.1, 0.15) is 0 Å². The standard InChI is InChI=1S/C7H7IN2O2/c1-4-2-5(8)6(3-9-4)10-7(11)12/h2-3,10H,1H3,(H,11,12). The molecule has 1 rings (SSSR count). The van der Waals surface area contributed by atoms with E-state index in [4.69, 9.17) is 5.11 Å². The molecule has 1 aromatic rings. The Morgan fingerprint density at radius 1 is 1.75 bits per heavy atom. The molecule has 12 heavy (non-hydrogen) atoms. The summed E-state index contributed by atoms with van der Waals surface area (Å²) < 4.78 is 0.850.